The molecule has 0 radical (unpaired) electrons. The molecule has 0 fully saturated rings. The van der Waals surface area contributed by atoms with E-state index in [1.807, 2.05) is 24.3 Å². The summed E-state index contributed by atoms with van der Waals surface area (Å²) in [7, 11) is 1.62. The van der Waals surface area contributed by atoms with Gasteiger partial charge in [-0.15, -0.1) is 0 Å². The Bertz CT molecular complexity index is 593. The minimum absolute atomic E-state index is 0.343. The lowest BCUT2D eigenvalue weighted by molar-refractivity contribution is 0.0527. The van der Waals surface area contributed by atoms with Gasteiger partial charge in [0.1, 0.15) is 16.3 Å². The zero-order valence-corrected chi connectivity index (χ0v) is 12.4. The first-order valence-electron chi connectivity index (χ1n) is 6.20. The monoisotopic (exact) mass is 292 g/mol. The maximum atomic E-state index is 11.9. The molecule has 0 spiro atoms. The second-order valence-electron chi connectivity index (χ2n) is 4.05. The Kier molecular flexibility index (Phi) is 4.57. The summed E-state index contributed by atoms with van der Waals surface area (Å²) < 4.78 is 14.4. The number of carbonyl (C=O) groups is 1. The van der Waals surface area contributed by atoms with E-state index in [-0.39, 0.29) is 5.97 Å². The summed E-state index contributed by atoms with van der Waals surface area (Å²) >= 11 is 1.24. The molecule has 1 aromatic heterocycles. The van der Waals surface area contributed by atoms with Crippen molar-refractivity contribution in [2.75, 3.05) is 19.0 Å². The molecule has 0 aliphatic heterocycles. The Labute approximate surface area is 121 Å². The lowest BCUT2D eigenvalue weighted by Gasteiger charge is -2.07. The average molecular weight is 292 g/mol. The van der Waals surface area contributed by atoms with Crippen molar-refractivity contribution in [2.45, 2.75) is 13.8 Å². The number of hydrogen-bond acceptors (Lipinski definition) is 6. The number of aryl methyl sites for hydroxylation is 1. The second kappa shape index (κ2) is 6.38. The molecule has 1 aromatic carbocycles. The summed E-state index contributed by atoms with van der Waals surface area (Å²) in [6.45, 7) is 3.92. The summed E-state index contributed by atoms with van der Waals surface area (Å²) in [5, 5.41) is 3.87. The molecule has 1 heterocycles. The summed E-state index contributed by atoms with van der Waals surface area (Å²) in [5.74, 6) is 0.427. The third-order valence-electron chi connectivity index (χ3n) is 2.69. The van der Waals surface area contributed by atoms with Gasteiger partial charge in [0.25, 0.3) is 0 Å². The van der Waals surface area contributed by atoms with E-state index in [0.717, 1.165) is 11.4 Å². The van der Waals surface area contributed by atoms with Gasteiger partial charge in [-0.1, -0.05) is 0 Å². The van der Waals surface area contributed by atoms with Crippen molar-refractivity contribution in [1.82, 2.24) is 4.37 Å². The van der Waals surface area contributed by atoms with E-state index in [2.05, 4.69) is 9.69 Å². The highest BCUT2D eigenvalue weighted by atomic mass is 32.1. The quantitative estimate of drug-likeness (QED) is 0.856. The van der Waals surface area contributed by atoms with E-state index in [0.29, 0.717) is 22.9 Å². The second-order valence-corrected chi connectivity index (χ2v) is 4.82. The van der Waals surface area contributed by atoms with Crippen molar-refractivity contribution < 1.29 is 14.3 Å². The highest BCUT2D eigenvalue weighted by Gasteiger charge is 2.19. The Morgan fingerprint density at radius 2 is 2.05 bits per heavy atom. The van der Waals surface area contributed by atoms with Crippen LogP contribution in [0.4, 0.5) is 10.7 Å². The Hall–Kier alpha value is -2.08. The number of aromatic nitrogens is 1. The lowest BCUT2D eigenvalue weighted by atomic mass is 10.2. The molecule has 0 bridgehead atoms. The minimum Gasteiger partial charge on any atom is -0.497 e. The van der Waals surface area contributed by atoms with Gasteiger partial charge in [0, 0.05) is 5.69 Å². The molecule has 0 amide bonds. The molecule has 1 N–H and O–H groups in total. The van der Waals surface area contributed by atoms with Crippen LogP contribution in [0.5, 0.6) is 5.75 Å². The summed E-state index contributed by atoms with van der Waals surface area (Å²) in [6, 6.07) is 7.45. The van der Waals surface area contributed by atoms with E-state index in [1.165, 1.54) is 11.5 Å². The molecule has 0 aliphatic carbocycles. The lowest BCUT2D eigenvalue weighted by Crippen LogP contribution is -2.07. The zero-order valence-electron chi connectivity index (χ0n) is 11.6. The van der Waals surface area contributed by atoms with Gasteiger partial charge in [0.05, 0.1) is 19.4 Å². The average Bonchev–Trinajstić information content (AvgIpc) is 2.81. The number of benzene rings is 1. The normalized spacial score (nSPS) is 10.2. The van der Waals surface area contributed by atoms with E-state index in [1.54, 1.807) is 21.0 Å². The van der Waals surface area contributed by atoms with Crippen LogP contribution in [0.3, 0.4) is 0 Å². The van der Waals surface area contributed by atoms with Crippen LogP contribution in [0.15, 0.2) is 24.3 Å². The van der Waals surface area contributed by atoms with E-state index < -0.39 is 0 Å². The van der Waals surface area contributed by atoms with Gasteiger partial charge in [0.2, 0.25) is 0 Å². The first-order valence-corrected chi connectivity index (χ1v) is 6.97. The number of carbonyl (C=O) groups excluding carboxylic acids is 1. The van der Waals surface area contributed by atoms with Gasteiger partial charge in [-0.2, -0.15) is 4.37 Å². The number of hydrogen-bond donors (Lipinski definition) is 1. The van der Waals surface area contributed by atoms with Crippen LogP contribution in [0, 0.1) is 6.92 Å². The number of nitrogens with zero attached hydrogens (tertiary/aromatic N) is 1. The molecule has 0 unspecified atom stereocenters. The van der Waals surface area contributed by atoms with E-state index >= 15 is 0 Å². The fourth-order valence-electron chi connectivity index (χ4n) is 1.70. The highest BCUT2D eigenvalue weighted by Crippen LogP contribution is 2.29. The fourth-order valence-corrected chi connectivity index (χ4v) is 2.51. The van der Waals surface area contributed by atoms with Crippen molar-refractivity contribution >= 4 is 28.2 Å². The first-order chi connectivity index (χ1) is 9.65. The minimum atomic E-state index is -0.352. The highest BCUT2D eigenvalue weighted by molar-refractivity contribution is 7.10. The van der Waals surface area contributed by atoms with Gasteiger partial charge in [-0.05, 0) is 49.6 Å². The topological polar surface area (TPSA) is 60.5 Å². The number of rotatable bonds is 5. The van der Waals surface area contributed by atoms with Crippen LogP contribution < -0.4 is 10.1 Å². The predicted octanol–water partition coefficient (Wildman–Crippen LogP) is 3.38. The number of esters is 1. The molecule has 0 atom stereocenters. The summed E-state index contributed by atoms with van der Waals surface area (Å²) in [4.78, 5) is 11.9. The van der Waals surface area contributed by atoms with E-state index in [9.17, 15) is 4.79 Å². The van der Waals surface area contributed by atoms with E-state index in [4.69, 9.17) is 9.47 Å². The maximum Gasteiger partial charge on any atom is 0.343 e. The Balaban J connectivity index is 2.22. The van der Waals surface area contributed by atoms with Crippen molar-refractivity contribution in [3.63, 3.8) is 0 Å². The summed E-state index contributed by atoms with van der Waals surface area (Å²) in [5.41, 5.74) is 2.03. The smallest absolute Gasteiger partial charge is 0.343 e. The third-order valence-corrected chi connectivity index (χ3v) is 3.54. The molecular weight excluding hydrogens is 276 g/mol. The number of ether oxygens (including phenoxy) is 2. The van der Waals surface area contributed by atoms with Gasteiger partial charge < -0.3 is 14.8 Å². The third kappa shape index (κ3) is 3.08. The van der Waals surface area contributed by atoms with Crippen LogP contribution in [0.25, 0.3) is 0 Å². The number of nitrogens with one attached hydrogen (secondary N) is 1. The number of anilines is 2. The Morgan fingerprint density at radius 1 is 1.35 bits per heavy atom. The predicted molar refractivity (Wildman–Crippen MR) is 79.1 cm³/mol. The van der Waals surface area contributed by atoms with Crippen LogP contribution in [0.2, 0.25) is 0 Å². The SMILES string of the molecule is CCOC(=O)c1c(C)nsc1Nc1ccc(OC)cc1. The zero-order chi connectivity index (χ0) is 14.5. The molecule has 106 valence electrons. The van der Waals surface area contributed by atoms with Crippen LogP contribution in [0.1, 0.15) is 23.0 Å². The molecule has 0 saturated heterocycles. The standard InChI is InChI=1S/C14H16N2O3S/c1-4-19-14(17)12-9(2)16-20-13(12)15-10-5-7-11(18-3)8-6-10/h5-8,15H,4H2,1-3H3. The Morgan fingerprint density at radius 3 is 2.65 bits per heavy atom. The largest absolute Gasteiger partial charge is 0.497 e. The van der Waals surface area contributed by atoms with Gasteiger partial charge in [-0.3, -0.25) is 0 Å². The van der Waals surface area contributed by atoms with Crippen molar-refractivity contribution in [1.29, 1.82) is 0 Å². The fraction of sp³-hybridized carbons (Fsp3) is 0.286. The first kappa shape index (κ1) is 14.3. The van der Waals surface area contributed by atoms with Crippen LogP contribution in [-0.4, -0.2) is 24.1 Å². The molecular formula is C14H16N2O3S. The molecule has 2 aromatic rings. The molecule has 0 saturated carbocycles. The van der Waals surface area contributed by atoms with Gasteiger partial charge in [-0.25, -0.2) is 4.79 Å². The van der Waals surface area contributed by atoms with Gasteiger partial charge in [0.15, 0.2) is 0 Å². The number of methoxy groups -OCH3 is 1. The summed E-state index contributed by atoms with van der Waals surface area (Å²) in [6.07, 6.45) is 0. The molecule has 5 nitrogen and oxygen atoms in total. The molecule has 0 aliphatic rings. The van der Waals surface area contributed by atoms with Gasteiger partial charge >= 0.3 is 5.97 Å². The molecule has 2 rings (SSSR count). The van der Waals surface area contributed by atoms with Crippen LogP contribution in [-0.2, 0) is 4.74 Å². The van der Waals surface area contributed by atoms with Crippen molar-refractivity contribution in [3.05, 3.63) is 35.5 Å². The van der Waals surface area contributed by atoms with Crippen molar-refractivity contribution in [2.24, 2.45) is 0 Å². The van der Waals surface area contributed by atoms with Crippen molar-refractivity contribution in [3.8, 4) is 5.75 Å². The maximum absolute atomic E-state index is 11.9. The molecule has 6 heteroatoms. The molecule has 20 heavy (non-hydrogen) atoms. The van der Waals surface area contributed by atoms with Crippen LogP contribution >= 0.6 is 11.5 Å².